The fourth-order valence-electron chi connectivity index (χ4n) is 2.38. The summed E-state index contributed by atoms with van der Waals surface area (Å²) >= 11 is 0. The Hall–Kier alpha value is -3.73. The van der Waals surface area contributed by atoms with Crippen molar-refractivity contribution in [1.29, 1.82) is 5.26 Å². The van der Waals surface area contributed by atoms with Crippen molar-refractivity contribution in [2.45, 2.75) is 19.9 Å². The number of nitriles is 1. The van der Waals surface area contributed by atoms with Crippen LogP contribution in [0.15, 0.2) is 48.5 Å². The summed E-state index contributed by atoms with van der Waals surface area (Å²) in [6.45, 7) is 2.90. The molecule has 150 valence electrons. The van der Waals surface area contributed by atoms with E-state index in [1.54, 1.807) is 38.1 Å². The Morgan fingerprint density at radius 1 is 1.07 bits per heavy atom. The second kappa shape index (κ2) is 9.99. The highest BCUT2D eigenvalue weighted by Gasteiger charge is 2.26. The third-order valence-electron chi connectivity index (χ3n) is 3.96. The number of benzene rings is 2. The van der Waals surface area contributed by atoms with E-state index in [4.69, 9.17) is 10.00 Å². The first kappa shape index (κ1) is 21.6. The van der Waals surface area contributed by atoms with Crippen LogP contribution in [0.5, 0.6) is 0 Å². The molecular formula is C21H20FN3O4. The molecule has 0 aliphatic carbocycles. The third kappa shape index (κ3) is 6.43. The minimum Gasteiger partial charge on any atom is -0.454 e. The topological polar surface area (TPSA) is 108 Å². The predicted octanol–water partition coefficient (Wildman–Crippen LogP) is 2.63. The van der Waals surface area contributed by atoms with Gasteiger partial charge in [0.25, 0.3) is 11.8 Å². The van der Waals surface area contributed by atoms with Gasteiger partial charge in [-0.2, -0.15) is 5.26 Å². The molecule has 2 aromatic rings. The van der Waals surface area contributed by atoms with Gasteiger partial charge >= 0.3 is 5.97 Å². The molecule has 7 nitrogen and oxygen atoms in total. The minimum atomic E-state index is -0.977. The van der Waals surface area contributed by atoms with Crippen LogP contribution in [-0.4, -0.2) is 30.4 Å². The summed E-state index contributed by atoms with van der Waals surface area (Å²) in [5.74, 6) is -2.65. The number of hydrogen-bond donors (Lipinski definition) is 2. The van der Waals surface area contributed by atoms with Crippen LogP contribution in [0.3, 0.4) is 0 Å². The first-order chi connectivity index (χ1) is 13.8. The average molecular weight is 397 g/mol. The number of carbonyl (C=O) groups excluding carboxylic acids is 3. The lowest BCUT2D eigenvalue weighted by atomic mass is 10.0. The molecule has 0 spiro atoms. The molecule has 2 amide bonds. The van der Waals surface area contributed by atoms with E-state index in [9.17, 15) is 18.8 Å². The number of ether oxygens (including phenoxy) is 1. The van der Waals surface area contributed by atoms with Gasteiger partial charge in [-0.25, -0.2) is 9.18 Å². The van der Waals surface area contributed by atoms with Crippen molar-refractivity contribution in [3.63, 3.8) is 0 Å². The van der Waals surface area contributed by atoms with E-state index in [-0.39, 0.29) is 11.5 Å². The Bertz CT molecular complexity index is 918. The monoisotopic (exact) mass is 397 g/mol. The largest absolute Gasteiger partial charge is 0.454 e. The SMILES string of the molecule is CC(C)[C@H](NC(=O)c1ccc(F)cc1)C(=O)OCC(=O)Nc1ccc(C#N)cc1. The Kier molecular flexibility index (Phi) is 7.43. The number of hydrogen-bond acceptors (Lipinski definition) is 5. The smallest absolute Gasteiger partial charge is 0.329 e. The number of halogens is 1. The molecule has 2 N–H and O–H groups in total. The molecule has 2 aromatic carbocycles. The predicted molar refractivity (Wildman–Crippen MR) is 103 cm³/mol. The van der Waals surface area contributed by atoms with E-state index in [1.807, 2.05) is 6.07 Å². The van der Waals surface area contributed by atoms with Crippen molar-refractivity contribution in [1.82, 2.24) is 5.32 Å². The average Bonchev–Trinajstić information content (AvgIpc) is 2.71. The zero-order chi connectivity index (χ0) is 21.4. The maximum atomic E-state index is 13.0. The Labute approximate surface area is 167 Å². The van der Waals surface area contributed by atoms with E-state index >= 15 is 0 Å². The molecule has 0 aliphatic heterocycles. The molecule has 2 rings (SSSR count). The summed E-state index contributed by atoms with van der Waals surface area (Å²) in [5.41, 5.74) is 1.10. The van der Waals surface area contributed by atoms with Crippen molar-refractivity contribution in [3.8, 4) is 6.07 Å². The maximum Gasteiger partial charge on any atom is 0.329 e. The molecule has 0 radical (unpaired) electrons. The molecule has 0 fully saturated rings. The summed E-state index contributed by atoms with van der Waals surface area (Å²) in [6.07, 6.45) is 0. The van der Waals surface area contributed by atoms with Crippen LogP contribution in [0.25, 0.3) is 0 Å². The summed E-state index contributed by atoms with van der Waals surface area (Å²) in [6, 6.07) is 12.1. The quantitative estimate of drug-likeness (QED) is 0.698. The number of carbonyl (C=O) groups is 3. The molecule has 0 aromatic heterocycles. The van der Waals surface area contributed by atoms with Gasteiger partial charge in [-0.15, -0.1) is 0 Å². The number of rotatable bonds is 7. The van der Waals surface area contributed by atoms with Crippen molar-refractivity contribution < 1.29 is 23.5 Å². The van der Waals surface area contributed by atoms with E-state index in [0.717, 1.165) is 12.1 Å². The highest BCUT2D eigenvalue weighted by molar-refractivity contribution is 5.97. The lowest BCUT2D eigenvalue weighted by Gasteiger charge is -2.20. The normalized spacial score (nSPS) is 11.3. The van der Waals surface area contributed by atoms with Gasteiger partial charge in [-0.05, 0) is 54.4 Å². The van der Waals surface area contributed by atoms with E-state index in [1.165, 1.54) is 12.1 Å². The van der Waals surface area contributed by atoms with Gasteiger partial charge < -0.3 is 15.4 Å². The third-order valence-corrected chi connectivity index (χ3v) is 3.96. The number of amides is 2. The van der Waals surface area contributed by atoms with E-state index in [2.05, 4.69) is 10.6 Å². The van der Waals surface area contributed by atoms with Crippen LogP contribution in [-0.2, 0) is 14.3 Å². The van der Waals surface area contributed by atoms with Gasteiger partial charge in [0, 0.05) is 11.3 Å². The van der Waals surface area contributed by atoms with Gasteiger partial charge in [0.2, 0.25) is 0 Å². The Morgan fingerprint density at radius 3 is 2.24 bits per heavy atom. The molecule has 0 heterocycles. The minimum absolute atomic E-state index is 0.198. The number of esters is 1. The molecule has 0 aliphatic rings. The highest BCUT2D eigenvalue weighted by Crippen LogP contribution is 2.10. The van der Waals surface area contributed by atoms with Crippen LogP contribution in [0.2, 0.25) is 0 Å². The fourth-order valence-corrected chi connectivity index (χ4v) is 2.38. The maximum absolute atomic E-state index is 13.0. The van der Waals surface area contributed by atoms with Crippen LogP contribution < -0.4 is 10.6 Å². The van der Waals surface area contributed by atoms with Crippen molar-refractivity contribution in [2.24, 2.45) is 5.92 Å². The van der Waals surface area contributed by atoms with Gasteiger partial charge in [0.15, 0.2) is 6.61 Å². The zero-order valence-electron chi connectivity index (χ0n) is 15.9. The fraction of sp³-hybridized carbons (Fsp3) is 0.238. The molecule has 0 saturated heterocycles. The van der Waals surface area contributed by atoms with Crippen LogP contribution in [0.4, 0.5) is 10.1 Å². The standard InChI is InChI=1S/C21H20FN3O4/c1-13(2)19(25-20(27)15-5-7-16(22)8-6-15)21(28)29-12-18(26)24-17-9-3-14(11-23)4-10-17/h3-10,13,19H,12H2,1-2H3,(H,24,26)(H,25,27)/t19-/m0/s1. The first-order valence-electron chi connectivity index (χ1n) is 8.83. The Balaban J connectivity index is 1.91. The van der Waals surface area contributed by atoms with Crippen LogP contribution >= 0.6 is 0 Å². The summed E-state index contributed by atoms with van der Waals surface area (Å²) in [5, 5.41) is 13.8. The molecular weight excluding hydrogens is 377 g/mol. The Morgan fingerprint density at radius 2 is 1.69 bits per heavy atom. The summed E-state index contributed by atoms with van der Waals surface area (Å²) in [4.78, 5) is 36.6. The zero-order valence-corrected chi connectivity index (χ0v) is 15.9. The first-order valence-corrected chi connectivity index (χ1v) is 8.83. The van der Waals surface area contributed by atoms with E-state index < -0.39 is 36.2 Å². The molecule has 1 atom stereocenters. The summed E-state index contributed by atoms with van der Waals surface area (Å²) < 4.78 is 18.0. The summed E-state index contributed by atoms with van der Waals surface area (Å²) in [7, 11) is 0. The number of nitrogens with one attached hydrogen (secondary N) is 2. The van der Waals surface area contributed by atoms with Crippen molar-refractivity contribution in [3.05, 3.63) is 65.5 Å². The van der Waals surface area contributed by atoms with Crippen LogP contribution in [0.1, 0.15) is 29.8 Å². The molecule has 0 saturated carbocycles. The molecule has 0 bridgehead atoms. The molecule has 8 heteroatoms. The lowest BCUT2D eigenvalue weighted by Crippen LogP contribution is -2.45. The van der Waals surface area contributed by atoms with Gasteiger partial charge in [0.05, 0.1) is 11.6 Å². The second-order valence-electron chi connectivity index (χ2n) is 6.55. The van der Waals surface area contributed by atoms with E-state index in [0.29, 0.717) is 11.3 Å². The molecule has 0 unspecified atom stereocenters. The highest BCUT2D eigenvalue weighted by atomic mass is 19.1. The van der Waals surface area contributed by atoms with Crippen molar-refractivity contribution >= 4 is 23.5 Å². The number of anilines is 1. The van der Waals surface area contributed by atoms with Crippen molar-refractivity contribution in [2.75, 3.05) is 11.9 Å². The number of nitrogens with zero attached hydrogens (tertiary/aromatic N) is 1. The van der Waals surface area contributed by atoms with Gasteiger partial charge in [-0.1, -0.05) is 13.8 Å². The lowest BCUT2D eigenvalue weighted by molar-refractivity contribution is -0.150. The van der Waals surface area contributed by atoms with Gasteiger partial charge in [-0.3, -0.25) is 9.59 Å². The molecule has 29 heavy (non-hydrogen) atoms. The van der Waals surface area contributed by atoms with Crippen LogP contribution in [0, 0.1) is 23.1 Å². The van der Waals surface area contributed by atoms with Gasteiger partial charge in [0.1, 0.15) is 11.9 Å². The second-order valence-corrected chi connectivity index (χ2v) is 6.55.